The van der Waals surface area contributed by atoms with E-state index >= 15 is 0 Å². The second-order valence-corrected chi connectivity index (χ2v) is 5.46. The van der Waals surface area contributed by atoms with Gasteiger partial charge in [0, 0.05) is 11.6 Å². The van der Waals surface area contributed by atoms with Gasteiger partial charge in [-0.15, -0.1) is 0 Å². The van der Waals surface area contributed by atoms with E-state index in [1.807, 2.05) is 25.1 Å². The Labute approximate surface area is 103 Å². The topological polar surface area (TPSA) is 30.0 Å². The zero-order chi connectivity index (χ0) is 12.3. The first-order valence-corrected chi connectivity index (χ1v) is 6.59. The lowest BCUT2D eigenvalue weighted by atomic mass is 9.69. The predicted molar refractivity (Wildman–Crippen MR) is 68.9 cm³/mol. The molecule has 1 fully saturated rings. The quantitative estimate of drug-likeness (QED) is 0.793. The molecule has 2 heteroatoms. The van der Waals surface area contributed by atoms with Crippen LogP contribution in [0.2, 0.25) is 0 Å². The molecule has 1 aromatic heterocycles. The Kier molecular flexibility index (Phi) is 3.60. The molecular formula is C15H21NO. The molecule has 2 nitrogen and oxygen atoms in total. The van der Waals surface area contributed by atoms with Crippen molar-refractivity contribution in [3.8, 4) is 0 Å². The first-order chi connectivity index (χ1) is 8.13. The number of rotatable bonds is 3. The van der Waals surface area contributed by atoms with Gasteiger partial charge in [-0.2, -0.15) is 0 Å². The van der Waals surface area contributed by atoms with E-state index in [1.165, 1.54) is 19.3 Å². The molecule has 2 rings (SSSR count). The summed E-state index contributed by atoms with van der Waals surface area (Å²) in [4.78, 5) is 16.9. The van der Waals surface area contributed by atoms with E-state index in [0.717, 1.165) is 18.5 Å². The molecule has 17 heavy (non-hydrogen) atoms. The summed E-state index contributed by atoms with van der Waals surface area (Å²) in [6.45, 7) is 4.12. The normalized spacial score (nSPS) is 20.8. The van der Waals surface area contributed by atoms with Crippen molar-refractivity contribution in [2.75, 3.05) is 0 Å². The first-order valence-electron chi connectivity index (χ1n) is 6.59. The van der Waals surface area contributed by atoms with Crippen LogP contribution in [0.3, 0.4) is 0 Å². The van der Waals surface area contributed by atoms with E-state index in [-0.39, 0.29) is 11.3 Å². The molecular weight excluding hydrogens is 210 g/mol. The smallest absolute Gasteiger partial charge is 0.147 e. The molecule has 0 amide bonds. The minimum atomic E-state index is -0.116. The number of aromatic nitrogens is 1. The maximum atomic E-state index is 12.6. The van der Waals surface area contributed by atoms with Crippen molar-refractivity contribution in [1.82, 2.24) is 4.98 Å². The average molecular weight is 231 g/mol. The van der Waals surface area contributed by atoms with E-state index in [1.54, 1.807) is 6.20 Å². The number of ketones is 1. The van der Waals surface area contributed by atoms with Crippen molar-refractivity contribution in [2.24, 2.45) is 5.41 Å². The largest absolute Gasteiger partial charge is 0.298 e. The highest BCUT2D eigenvalue weighted by molar-refractivity contribution is 5.90. The van der Waals surface area contributed by atoms with E-state index in [0.29, 0.717) is 5.78 Å². The zero-order valence-electron chi connectivity index (χ0n) is 10.8. The fourth-order valence-corrected chi connectivity index (χ4v) is 2.87. The van der Waals surface area contributed by atoms with Gasteiger partial charge in [-0.3, -0.25) is 9.78 Å². The van der Waals surface area contributed by atoms with Crippen molar-refractivity contribution in [2.45, 2.75) is 51.9 Å². The molecule has 1 unspecified atom stereocenters. The fraction of sp³-hybridized carbons (Fsp3) is 0.600. The molecule has 0 spiro atoms. The van der Waals surface area contributed by atoms with E-state index in [9.17, 15) is 4.79 Å². The Bertz CT molecular complexity index is 379. The van der Waals surface area contributed by atoms with Crippen LogP contribution in [0.5, 0.6) is 0 Å². The molecule has 0 saturated heterocycles. The van der Waals surface area contributed by atoms with Gasteiger partial charge in [0.1, 0.15) is 5.78 Å². The Balaban J connectivity index is 2.14. The van der Waals surface area contributed by atoms with Crippen LogP contribution in [0.25, 0.3) is 0 Å². The maximum Gasteiger partial charge on any atom is 0.147 e. The molecule has 1 aromatic rings. The molecule has 1 aliphatic rings. The summed E-state index contributed by atoms with van der Waals surface area (Å²) in [5.74, 6) is 0.301. The number of Topliss-reactive ketones (excluding diaryl/α,β-unsaturated/α-hetero) is 1. The molecule has 0 N–H and O–H groups in total. The summed E-state index contributed by atoms with van der Waals surface area (Å²) in [5.41, 5.74) is 0.791. The van der Waals surface area contributed by atoms with Crippen molar-refractivity contribution in [1.29, 1.82) is 0 Å². The number of hydrogen-bond donors (Lipinski definition) is 0. The lowest BCUT2D eigenvalue weighted by molar-refractivity contribution is -0.130. The second kappa shape index (κ2) is 4.99. The molecule has 1 saturated carbocycles. The summed E-state index contributed by atoms with van der Waals surface area (Å²) in [6, 6.07) is 5.80. The molecule has 1 atom stereocenters. The molecule has 92 valence electrons. The van der Waals surface area contributed by atoms with Crippen molar-refractivity contribution in [3.05, 3.63) is 30.1 Å². The lowest BCUT2D eigenvalue weighted by Gasteiger charge is -2.34. The Morgan fingerprint density at radius 2 is 2.00 bits per heavy atom. The highest BCUT2D eigenvalue weighted by Crippen LogP contribution is 2.40. The third-order valence-corrected chi connectivity index (χ3v) is 4.08. The van der Waals surface area contributed by atoms with Gasteiger partial charge in [-0.1, -0.05) is 32.3 Å². The Morgan fingerprint density at radius 1 is 1.29 bits per heavy atom. The third kappa shape index (κ3) is 2.56. The highest BCUT2D eigenvalue weighted by atomic mass is 16.1. The van der Waals surface area contributed by atoms with Gasteiger partial charge in [-0.25, -0.2) is 0 Å². The van der Waals surface area contributed by atoms with Crippen molar-refractivity contribution >= 4 is 5.78 Å². The first kappa shape index (κ1) is 12.3. The Hall–Kier alpha value is -1.18. The van der Waals surface area contributed by atoms with E-state index in [2.05, 4.69) is 11.9 Å². The number of carbonyl (C=O) groups excluding carboxylic acids is 1. The summed E-state index contributed by atoms with van der Waals surface area (Å²) in [5, 5.41) is 0. The summed E-state index contributed by atoms with van der Waals surface area (Å²) < 4.78 is 0. The summed E-state index contributed by atoms with van der Waals surface area (Å²) in [6.07, 6.45) is 7.52. The van der Waals surface area contributed by atoms with Crippen LogP contribution in [0.15, 0.2) is 24.4 Å². The average Bonchev–Trinajstić information content (AvgIpc) is 2.39. The monoisotopic (exact) mass is 231 g/mol. The van der Waals surface area contributed by atoms with Gasteiger partial charge in [0.2, 0.25) is 0 Å². The van der Waals surface area contributed by atoms with Crippen molar-refractivity contribution < 1.29 is 4.79 Å². The van der Waals surface area contributed by atoms with E-state index in [4.69, 9.17) is 0 Å². The molecule has 0 radical (unpaired) electrons. The van der Waals surface area contributed by atoms with Gasteiger partial charge in [0.05, 0.1) is 11.6 Å². The SMILES string of the molecule is CC(C(=O)C1(C)CCCCC1)c1ccccn1. The number of pyridine rings is 1. The standard InChI is InChI=1S/C15H21NO/c1-12(13-8-4-7-11-16-13)14(17)15(2)9-5-3-6-10-15/h4,7-8,11-12H,3,5-6,9-10H2,1-2H3. The minimum absolute atomic E-state index is 0.0701. The Morgan fingerprint density at radius 3 is 2.59 bits per heavy atom. The molecule has 0 aliphatic heterocycles. The van der Waals surface area contributed by atoms with Gasteiger partial charge in [0.25, 0.3) is 0 Å². The van der Waals surface area contributed by atoms with Crippen molar-refractivity contribution in [3.63, 3.8) is 0 Å². The van der Waals surface area contributed by atoms with E-state index < -0.39 is 0 Å². The minimum Gasteiger partial charge on any atom is -0.298 e. The van der Waals surface area contributed by atoms with Crippen LogP contribution in [0.4, 0.5) is 0 Å². The van der Waals surface area contributed by atoms with Gasteiger partial charge < -0.3 is 0 Å². The fourth-order valence-electron chi connectivity index (χ4n) is 2.87. The maximum absolute atomic E-state index is 12.6. The molecule has 0 aromatic carbocycles. The van der Waals surface area contributed by atoms with Gasteiger partial charge in [0.15, 0.2) is 0 Å². The zero-order valence-corrected chi connectivity index (χ0v) is 10.8. The molecule has 0 bridgehead atoms. The van der Waals surface area contributed by atoms with Crippen LogP contribution >= 0.6 is 0 Å². The lowest BCUT2D eigenvalue weighted by Crippen LogP contribution is -2.33. The summed E-state index contributed by atoms with van der Waals surface area (Å²) in [7, 11) is 0. The second-order valence-electron chi connectivity index (χ2n) is 5.46. The van der Waals surface area contributed by atoms with Crippen LogP contribution in [-0.4, -0.2) is 10.8 Å². The predicted octanol–water partition coefficient (Wildman–Crippen LogP) is 3.72. The summed E-state index contributed by atoms with van der Waals surface area (Å²) >= 11 is 0. The highest BCUT2D eigenvalue weighted by Gasteiger charge is 2.37. The van der Waals surface area contributed by atoms with Gasteiger partial charge in [-0.05, 0) is 31.9 Å². The number of nitrogens with zero attached hydrogens (tertiary/aromatic N) is 1. The van der Waals surface area contributed by atoms with Crippen LogP contribution in [-0.2, 0) is 4.79 Å². The van der Waals surface area contributed by atoms with Crippen LogP contribution in [0, 0.1) is 5.41 Å². The molecule has 1 heterocycles. The van der Waals surface area contributed by atoms with Crippen LogP contribution in [0.1, 0.15) is 57.6 Å². The van der Waals surface area contributed by atoms with Crippen LogP contribution < -0.4 is 0 Å². The number of hydrogen-bond acceptors (Lipinski definition) is 2. The third-order valence-electron chi connectivity index (χ3n) is 4.08. The van der Waals surface area contributed by atoms with Gasteiger partial charge >= 0.3 is 0 Å². The molecule has 1 aliphatic carbocycles. The number of carbonyl (C=O) groups is 1.